The summed E-state index contributed by atoms with van der Waals surface area (Å²) in [5.41, 5.74) is 8.90. The van der Waals surface area contributed by atoms with Gasteiger partial charge in [-0.1, -0.05) is 6.92 Å². The van der Waals surface area contributed by atoms with E-state index < -0.39 is 0 Å². The smallest absolute Gasteiger partial charge is 0.268 e. The zero-order valence-corrected chi connectivity index (χ0v) is 11.2. The van der Waals surface area contributed by atoms with Gasteiger partial charge in [0.15, 0.2) is 0 Å². The summed E-state index contributed by atoms with van der Waals surface area (Å²) in [5, 5.41) is 9.64. The van der Waals surface area contributed by atoms with Gasteiger partial charge in [-0.3, -0.25) is 9.89 Å². The van der Waals surface area contributed by atoms with Crippen molar-refractivity contribution in [3.8, 4) is 0 Å². The van der Waals surface area contributed by atoms with Gasteiger partial charge in [0.2, 0.25) is 0 Å². The molecule has 2 rings (SSSR count). The van der Waals surface area contributed by atoms with Crippen LogP contribution in [0.25, 0.3) is 0 Å². The highest BCUT2D eigenvalue weighted by atomic mass is 16.1. The topological polar surface area (TPSA) is 88.7 Å². The van der Waals surface area contributed by atoms with Gasteiger partial charge in [-0.15, -0.1) is 0 Å². The molecular formula is C13H19N5O. The van der Waals surface area contributed by atoms with E-state index in [0.717, 1.165) is 24.2 Å². The molecule has 6 nitrogen and oxygen atoms in total. The van der Waals surface area contributed by atoms with Crippen LogP contribution in [0.3, 0.4) is 0 Å². The molecule has 2 aromatic heterocycles. The normalized spacial score (nSPS) is 10.6. The van der Waals surface area contributed by atoms with E-state index in [2.05, 4.69) is 22.4 Å². The van der Waals surface area contributed by atoms with Crippen LogP contribution in [0.4, 0.5) is 5.69 Å². The van der Waals surface area contributed by atoms with Crippen LogP contribution in [-0.4, -0.2) is 20.7 Å². The molecule has 0 spiro atoms. The van der Waals surface area contributed by atoms with E-state index in [4.69, 9.17) is 5.73 Å². The van der Waals surface area contributed by atoms with Crippen LogP contribution in [0.5, 0.6) is 0 Å². The first-order valence-corrected chi connectivity index (χ1v) is 6.34. The van der Waals surface area contributed by atoms with E-state index in [0.29, 0.717) is 17.9 Å². The molecule has 6 heteroatoms. The number of carbonyl (C=O) groups excluding carboxylic acids is 1. The molecule has 0 aliphatic rings. The Labute approximate surface area is 112 Å². The number of carbonyl (C=O) groups is 1. The Bertz CT molecular complexity index is 569. The van der Waals surface area contributed by atoms with Gasteiger partial charge in [0.1, 0.15) is 5.69 Å². The molecule has 0 bridgehead atoms. The fraction of sp³-hybridized carbons (Fsp3) is 0.385. The predicted octanol–water partition coefficient (Wildman–Crippen LogP) is 1.44. The van der Waals surface area contributed by atoms with Crippen LogP contribution in [0, 0.1) is 6.92 Å². The first kappa shape index (κ1) is 13.2. The van der Waals surface area contributed by atoms with Gasteiger partial charge in [0, 0.05) is 30.5 Å². The van der Waals surface area contributed by atoms with E-state index in [1.54, 1.807) is 18.5 Å². The molecule has 0 unspecified atom stereocenters. The van der Waals surface area contributed by atoms with Gasteiger partial charge < -0.3 is 15.6 Å². The first-order valence-electron chi connectivity index (χ1n) is 6.34. The summed E-state index contributed by atoms with van der Waals surface area (Å²) in [4.78, 5) is 12.1. The Kier molecular flexibility index (Phi) is 3.89. The van der Waals surface area contributed by atoms with Crippen molar-refractivity contribution in [3.63, 3.8) is 0 Å². The zero-order valence-electron chi connectivity index (χ0n) is 11.2. The van der Waals surface area contributed by atoms with Crippen molar-refractivity contribution in [3.05, 3.63) is 35.4 Å². The Morgan fingerprint density at radius 3 is 3.00 bits per heavy atom. The van der Waals surface area contributed by atoms with Gasteiger partial charge in [0.25, 0.3) is 5.91 Å². The van der Waals surface area contributed by atoms with E-state index in [1.165, 1.54) is 0 Å². The number of hydrogen-bond acceptors (Lipinski definition) is 3. The molecule has 19 heavy (non-hydrogen) atoms. The number of H-pyrrole nitrogens is 1. The van der Waals surface area contributed by atoms with Crippen molar-refractivity contribution in [2.24, 2.45) is 0 Å². The summed E-state index contributed by atoms with van der Waals surface area (Å²) in [7, 11) is 0. The second-order valence-corrected chi connectivity index (χ2v) is 4.55. The summed E-state index contributed by atoms with van der Waals surface area (Å²) in [6, 6.07) is 1.70. The first-order chi connectivity index (χ1) is 9.11. The number of aromatic nitrogens is 3. The fourth-order valence-electron chi connectivity index (χ4n) is 1.97. The monoisotopic (exact) mass is 261 g/mol. The fourth-order valence-corrected chi connectivity index (χ4v) is 1.97. The van der Waals surface area contributed by atoms with Gasteiger partial charge in [-0.25, -0.2) is 0 Å². The highest BCUT2D eigenvalue weighted by Gasteiger charge is 2.12. The molecule has 0 radical (unpaired) electrons. The van der Waals surface area contributed by atoms with Crippen LogP contribution >= 0.6 is 0 Å². The van der Waals surface area contributed by atoms with Gasteiger partial charge >= 0.3 is 0 Å². The number of nitrogens with one attached hydrogen (secondary N) is 2. The van der Waals surface area contributed by atoms with E-state index in [-0.39, 0.29) is 5.91 Å². The third-order valence-corrected chi connectivity index (χ3v) is 2.99. The van der Waals surface area contributed by atoms with Gasteiger partial charge in [-0.2, -0.15) is 5.10 Å². The van der Waals surface area contributed by atoms with Crippen molar-refractivity contribution < 1.29 is 4.79 Å². The molecule has 0 aromatic carbocycles. The molecule has 0 saturated carbocycles. The van der Waals surface area contributed by atoms with E-state index in [1.807, 2.05) is 11.5 Å². The maximum Gasteiger partial charge on any atom is 0.268 e. The quantitative estimate of drug-likeness (QED) is 0.761. The third-order valence-electron chi connectivity index (χ3n) is 2.99. The van der Waals surface area contributed by atoms with E-state index >= 15 is 0 Å². The summed E-state index contributed by atoms with van der Waals surface area (Å²) < 4.78 is 1.88. The van der Waals surface area contributed by atoms with Crippen LogP contribution < -0.4 is 11.1 Å². The van der Waals surface area contributed by atoms with Crippen molar-refractivity contribution in [2.75, 3.05) is 5.73 Å². The highest BCUT2D eigenvalue weighted by Crippen LogP contribution is 2.12. The second kappa shape index (κ2) is 5.60. The molecule has 1 amide bonds. The van der Waals surface area contributed by atoms with Gasteiger partial charge in [-0.05, 0) is 19.4 Å². The molecule has 2 heterocycles. The lowest BCUT2D eigenvalue weighted by molar-refractivity contribution is 0.0941. The number of anilines is 1. The van der Waals surface area contributed by atoms with E-state index in [9.17, 15) is 4.79 Å². The largest absolute Gasteiger partial charge is 0.397 e. The van der Waals surface area contributed by atoms with Crippen molar-refractivity contribution in [2.45, 2.75) is 33.4 Å². The number of amides is 1. The molecule has 102 valence electrons. The number of aryl methyl sites for hydroxylation is 2. The lowest BCUT2D eigenvalue weighted by atomic mass is 10.2. The summed E-state index contributed by atoms with van der Waals surface area (Å²) in [5.74, 6) is -0.120. The number of hydrogen-bond donors (Lipinski definition) is 3. The van der Waals surface area contributed by atoms with Crippen molar-refractivity contribution in [1.29, 1.82) is 0 Å². The van der Waals surface area contributed by atoms with Crippen LogP contribution in [0.15, 0.2) is 18.5 Å². The number of nitrogen functional groups attached to an aromatic ring is 1. The Hall–Kier alpha value is -2.24. The predicted molar refractivity (Wildman–Crippen MR) is 73.6 cm³/mol. The Morgan fingerprint density at radius 1 is 1.58 bits per heavy atom. The minimum Gasteiger partial charge on any atom is -0.397 e. The minimum atomic E-state index is -0.120. The lowest BCUT2D eigenvalue weighted by Gasteiger charge is -2.08. The van der Waals surface area contributed by atoms with Crippen LogP contribution in [0.1, 0.15) is 35.1 Å². The van der Waals surface area contributed by atoms with Crippen molar-refractivity contribution >= 4 is 11.6 Å². The standard InChI is InChI=1S/C13H19N5O/c1-3-4-18-8-11(14)5-12(18)13(19)15-6-10-7-16-17-9(10)2/h5,7-8H,3-4,6,14H2,1-2H3,(H,15,19)(H,16,17). The minimum absolute atomic E-state index is 0.120. The molecule has 2 aromatic rings. The van der Waals surface area contributed by atoms with Crippen LogP contribution in [-0.2, 0) is 13.1 Å². The Morgan fingerprint density at radius 2 is 2.37 bits per heavy atom. The van der Waals surface area contributed by atoms with Gasteiger partial charge in [0.05, 0.1) is 11.9 Å². The molecule has 0 atom stereocenters. The maximum absolute atomic E-state index is 12.1. The zero-order chi connectivity index (χ0) is 13.8. The molecule has 0 aliphatic heterocycles. The average Bonchev–Trinajstić information content (AvgIpc) is 2.93. The SMILES string of the molecule is CCCn1cc(N)cc1C(=O)NCc1cn[nH]c1C. The summed E-state index contributed by atoms with van der Waals surface area (Å²) >= 11 is 0. The van der Waals surface area contributed by atoms with Crippen molar-refractivity contribution in [1.82, 2.24) is 20.1 Å². The molecule has 0 aliphatic carbocycles. The lowest BCUT2D eigenvalue weighted by Crippen LogP contribution is -2.25. The number of nitrogens with two attached hydrogens (primary N) is 1. The third kappa shape index (κ3) is 2.96. The number of nitrogens with zero attached hydrogens (tertiary/aromatic N) is 2. The molecular weight excluding hydrogens is 242 g/mol. The Balaban J connectivity index is 2.05. The summed E-state index contributed by atoms with van der Waals surface area (Å²) in [6.45, 7) is 5.22. The number of rotatable bonds is 5. The molecule has 4 N–H and O–H groups in total. The maximum atomic E-state index is 12.1. The second-order valence-electron chi connectivity index (χ2n) is 4.55. The summed E-state index contributed by atoms with van der Waals surface area (Å²) in [6.07, 6.45) is 4.46. The average molecular weight is 261 g/mol. The molecule has 0 saturated heterocycles. The highest BCUT2D eigenvalue weighted by molar-refractivity contribution is 5.93. The number of aromatic amines is 1. The molecule has 0 fully saturated rings. The van der Waals surface area contributed by atoms with Crippen LogP contribution in [0.2, 0.25) is 0 Å².